The third kappa shape index (κ3) is 7.66. The first kappa shape index (κ1) is 21.3. The maximum Gasteiger partial charge on any atom is 0.422 e. The molecular weight excluding hydrogens is 357 g/mol. The van der Waals surface area contributed by atoms with E-state index < -0.39 is 12.8 Å². The number of halogens is 3. The minimum absolute atomic E-state index is 0.197. The van der Waals surface area contributed by atoms with E-state index in [9.17, 15) is 13.2 Å². The number of benzene rings is 1. The lowest BCUT2D eigenvalue weighted by molar-refractivity contribution is -0.153. The molecule has 0 radical (unpaired) electrons. The molecule has 1 fully saturated rings. The Balaban J connectivity index is 1.91. The van der Waals surface area contributed by atoms with Gasteiger partial charge in [0.05, 0.1) is 6.54 Å². The number of ether oxygens (including phenoxy) is 1. The fraction of sp³-hybridized carbons (Fsp3) is 0.632. The first-order valence-electron chi connectivity index (χ1n) is 9.46. The average Bonchev–Trinajstić information content (AvgIpc) is 3.10. The molecule has 0 amide bonds. The summed E-state index contributed by atoms with van der Waals surface area (Å²) in [6.07, 6.45) is -1.94. The van der Waals surface area contributed by atoms with Gasteiger partial charge >= 0.3 is 6.18 Å². The lowest BCUT2D eigenvalue weighted by Crippen LogP contribution is -2.44. The van der Waals surface area contributed by atoms with Crippen molar-refractivity contribution in [3.63, 3.8) is 0 Å². The van der Waals surface area contributed by atoms with Crippen molar-refractivity contribution in [1.29, 1.82) is 0 Å². The number of aliphatic imine (C=N–C) groups is 1. The number of nitrogens with zero attached hydrogens (tertiary/aromatic N) is 2. The highest BCUT2D eigenvalue weighted by Gasteiger charge is 2.28. The van der Waals surface area contributed by atoms with Crippen LogP contribution >= 0.6 is 0 Å². The zero-order valence-corrected chi connectivity index (χ0v) is 16.0. The molecule has 27 heavy (non-hydrogen) atoms. The number of likely N-dealkylation sites (tertiary alicyclic amines) is 1. The molecule has 8 heteroatoms. The Hall–Kier alpha value is -1.96. The van der Waals surface area contributed by atoms with E-state index in [4.69, 9.17) is 4.74 Å². The Bertz CT molecular complexity index is 607. The molecule has 152 valence electrons. The second-order valence-electron chi connectivity index (χ2n) is 6.55. The Kier molecular flexibility index (Phi) is 8.22. The maximum absolute atomic E-state index is 12.3. The van der Waals surface area contributed by atoms with Crippen LogP contribution in [-0.2, 0) is 6.54 Å². The van der Waals surface area contributed by atoms with Gasteiger partial charge in [0.1, 0.15) is 5.75 Å². The van der Waals surface area contributed by atoms with Crippen LogP contribution < -0.4 is 15.4 Å². The Morgan fingerprint density at radius 1 is 1.30 bits per heavy atom. The molecule has 0 bridgehead atoms. The monoisotopic (exact) mass is 386 g/mol. The highest BCUT2D eigenvalue weighted by Crippen LogP contribution is 2.20. The van der Waals surface area contributed by atoms with Gasteiger partial charge in [-0.05, 0) is 50.6 Å². The fourth-order valence-corrected chi connectivity index (χ4v) is 3.17. The van der Waals surface area contributed by atoms with Crippen molar-refractivity contribution in [3.05, 3.63) is 29.8 Å². The molecule has 2 rings (SSSR count). The second kappa shape index (κ2) is 10.4. The normalized spacial score (nSPS) is 18.6. The zero-order chi connectivity index (χ0) is 19.7. The predicted octanol–water partition coefficient (Wildman–Crippen LogP) is 3.17. The molecule has 1 atom stereocenters. The quantitative estimate of drug-likeness (QED) is 0.532. The van der Waals surface area contributed by atoms with E-state index >= 15 is 0 Å². The van der Waals surface area contributed by atoms with Gasteiger partial charge in [-0.2, -0.15) is 13.2 Å². The van der Waals surface area contributed by atoms with Gasteiger partial charge < -0.3 is 15.4 Å². The fourth-order valence-electron chi connectivity index (χ4n) is 3.17. The molecule has 5 nitrogen and oxygen atoms in total. The molecule has 2 N–H and O–H groups in total. The van der Waals surface area contributed by atoms with E-state index in [1.54, 1.807) is 12.1 Å². The van der Waals surface area contributed by atoms with E-state index in [0.29, 0.717) is 18.5 Å². The largest absolute Gasteiger partial charge is 0.484 e. The topological polar surface area (TPSA) is 48.9 Å². The van der Waals surface area contributed by atoms with Gasteiger partial charge in [0, 0.05) is 19.1 Å². The van der Waals surface area contributed by atoms with Crippen molar-refractivity contribution in [2.24, 2.45) is 4.99 Å². The average molecular weight is 386 g/mol. The van der Waals surface area contributed by atoms with E-state index in [-0.39, 0.29) is 5.75 Å². The molecule has 1 saturated heterocycles. The van der Waals surface area contributed by atoms with Crippen LogP contribution in [0.4, 0.5) is 13.2 Å². The number of hydrogen-bond donors (Lipinski definition) is 2. The summed E-state index contributed by atoms with van der Waals surface area (Å²) in [5.41, 5.74) is 0.794. The third-order valence-electron chi connectivity index (χ3n) is 4.48. The number of alkyl halides is 3. The lowest BCUT2D eigenvalue weighted by Gasteiger charge is -2.24. The Labute approximate surface area is 159 Å². The number of likely N-dealkylation sites (N-methyl/N-ethyl adjacent to an activating group) is 1. The molecule has 1 aromatic carbocycles. The van der Waals surface area contributed by atoms with E-state index in [1.807, 2.05) is 13.0 Å². The van der Waals surface area contributed by atoms with Crippen molar-refractivity contribution >= 4 is 5.96 Å². The van der Waals surface area contributed by atoms with Crippen LogP contribution in [0.25, 0.3) is 0 Å². The van der Waals surface area contributed by atoms with Crippen LogP contribution in [-0.4, -0.2) is 55.9 Å². The number of rotatable bonds is 8. The third-order valence-corrected chi connectivity index (χ3v) is 4.48. The van der Waals surface area contributed by atoms with E-state index in [0.717, 1.165) is 31.7 Å². The summed E-state index contributed by atoms with van der Waals surface area (Å²) in [6.45, 7) is 6.99. The second-order valence-corrected chi connectivity index (χ2v) is 6.55. The SMILES string of the molecule is CCNC(=NCc1cccc(OCC(F)(F)F)c1)NCC1CCCN1CC. The first-order chi connectivity index (χ1) is 12.9. The van der Waals surface area contributed by atoms with Crippen molar-refractivity contribution in [3.8, 4) is 5.75 Å². The van der Waals surface area contributed by atoms with Gasteiger partial charge in [-0.3, -0.25) is 4.90 Å². The lowest BCUT2D eigenvalue weighted by atomic mass is 10.2. The van der Waals surface area contributed by atoms with Crippen LogP contribution in [0.1, 0.15) is 32.3 Å². The molecule has 0 aliphatic carbocycles. The molecule has 1 aromatic rings. The summed E-state index contributed by atoms with van der Waals surface area (Å²) in [5, 5.41) is 6.58. The van der Waals surface area contributed by atoms with Gasteiger partial charge in [-0.25, -0.2) is 4.99 Å². The molecular formula is C19H29F3N4O. The van der Waals surface area contributed by atoms with Crippen molar-refractivity contribution < 1.29 is 17.9 Å². The summed E-state index contributed by atoms with van der Waals surface area (Å²) >= 11 is 0. The van der Waals surface area contributed by atoms with Crippen molar-refractivity contribution in [1.82, 2.24) is 15.5 Å². The highest BCUT2D eigenvalue weighted by molar-refractivity contribution is 5.79. The molecule has 1 aliphatic heterocycles. The van der Waals surface area contributed by atoms with Gasteiger partial charge in [-0.15, -0.1) is 0 Å². The van der Waals surface area contributed by atoms with Crippen LogP contribution in [0.2, 0.25) is 0 Å². The number of nitrogens with one attached hydrogen (secondary N) is 2. The highest BCUT2D eigenvalue weighted by atomic mass is 19.4. The van der Waals surface area contributed by atoms with Gasteiger partial charge in [-0.1, -0.05) is 19.1 Å². The van der Waals surface area contributed by atoms with Crippen molar-refractivity contribution in [2.45, 2.75) is 45.5 Å². The summed E-state index contributed by atoms with van der Waals surface area (Å²) in [7, 11) is 0. The minimum Gasteiger partial charge on any atom is -0.484 e. The zero-order valence-electron chi connectivity index (χ0n) is 16.0. The summed E-state index contributed by atoms with van der Waals surface area (Å²) in [5.74, 6) is 0.907. The first-order valence-corrected chi connectivity index (χ1v) is 9.46. The molecule has 0 aromatic heterocycles. The van der Waals surface area contributed by atoms with Crippen LogP contribution in [0.3, 0.4) is 0 Å². The van der Waals surface area contributed by atoms with Gasteiger partial charge in [0.25, 0.3) is 0 Å². The smallest absolute Gasteiger partial charge is 0.422 e. The van der Waals surface area contributed by atoms with E-state index in [1.165, 1.54) is 18.9 Å². The predicted molar refractivity (Wildman–Crippen MR) is 101 cm³/mol. The van der Waals surface area contributed by atoms with Crippen molar-refractivity contribution in [2.75, 3.05) is 32.8 Å². The summed E-state index contributed by atoms with van der Waals surface area (Å²) in [6, 6.07) is 7.12. The molecule has 0 saturated carbocycles. The number of hydrogen-bond acceptors (Lipinski definition) is 3. The molecule has 1 unspecified atom stereocenters. The molecule has 1 heterocycles. The standard InChI is InChI=1S/C19H29F3N4O/c1-3-23-18(25-13-16-8-6-10-26(16)4-2)24-12-15-7-5-9-17(11-15)27-14-19(20,21)22/h5,7,9,11,16H,3-4,6,8,10,12-14H2,1-2H3,(H2,23,24,25). The van der Waals surface area contributed by atoms with E-state index in [2.05, 4.69) is 27.4 Å². The van der Waals surface area contributed by atoms with Gasteiger partial charge in [0.2, 0.25) is 0 Å². The maximum atomic E-state index is 12.3. The van der Waals surface area contributed by atoms with Crippen LogP contribution in [0.15, 0.2) is 29.3 Å². The minimum atomic E-state index is -4.34. The Morgan fingerprint density at radius 2 is 2.11 bits per heavy atom. The summed E-state index contributed by atoms with van der Waals surface area (Å²) in [4.78, 5) is 7.00. The van der Waals surface area contributed by atoms with Gasteiger partial charge in [0.15, 0.2) is 12.6 Å². The summed E-state index contributed by atoms with van der Waals surface area (Å²) < 4.78 is 41.6. The Morgan fingerprint density at radius 3 is 2.81 bits per heavy atom. The molecule has 0 spiro atoms. The molecule has 1 aliphatic rings. The number of guanidine groups is 1. The van der Waals surface area contributed by atoms with Crippen LogP contribution in [0, 0.1) is 0 Å². The van der Waals surface area contributed by atoms with Crippen LogP contribution in [0.5, 0.6) is 5.75 Å².